The number of ether oxygens (including phenoxy) is 3. The van der Waals surface area contributed by atoms with Crippen LogP contribution in [0.15, 0.2) is 69.6 Å². The summed E-state index contributed by atoms with van der Waals surface area (Å²) in [5, 5.41) is -0.0407. The van der Waals surface area contributed by atoms with Gasteiger partial charge in [-0.25, -0.2) is 4.98 Å². The summed E-state index contributed by atoms with van der Waals surface area (Å²) in [5.41, 5.74) is 4.37. The lowest BCUT2D eigenvalue weighted by Crippen LogP contribution is -2.45. The molecule has 0 bridgehead atoms. The van der Waals surface area contributed by atoms with Crippen LogP contribution in [0.4, 0.5) is 26.3 Å². The summed E-state index contributed by atoms with van der Waals surface area (Å²) < 4.78 is 95.2. The van der Waals surface area contributed by atoms with Crippen LogP contribution in [0.2, 0.25) is 0 Å². The Labute approximate surface area is 234 Å². The van der Waals surface area contributed by atoms with E-state index < -0.39 is 54.1 Å². The molecule has 41 heavy (non-hydrogen) atoms. The zero-order valence-corrected chi connectivity index (χ0v) is 22.6. The first kappa shape index (κ1) is 31.8. The van der Waals surface area contributed by atoms with E-state index in [1.807, 2.05) is 0 Å². The molecule has 0 amide bonds. The Morgan fingerprint density at radius 2 is 1.71 bits per heavy atom. The predicted molar refractivity (Wildman–Crippen MR) is 136 cm³/mol. The minimum absolute atomic E-state index is 0.0331. The maximum Gasteiger partial charge on any atom is 0.428 e. The number of esters is 1. The van der Waals surface area contributed by atoms with E-state index in [9.17, 15) is 35.9 Å². The minimum Gasteiger partial charge on any atom is -0.493 e. The number of aromatic nitrogens is 2. The number of nitrogens with zero attached hydrogens (tertiary/aromatic N) is 2. The van der Waals surface area contributed by atoms with E-state index in [0.717, 1.165) is 23.9 Å². The van der Waals surface area contributed by atoms with Crippen LogP contribution in [-0.2, 0) is 15.7 Å². The van der Waals surface area contributed by atoms with Crippen LogP contribution in [-0.4, -0.2) is 47.6 Å². The number of rotatable bonds is 10. The first-order valence-electron chi connectivity index (χ1n) is 11.9. The van der Waals surface area contributed by atoms with Crippen molar-refractivity contribution in [3.05, 3.63) is 70.8 Å². The van der Waals surface area contributed by atoms with Crippen molar-refractivity contribution in [2.75, 3.05) is 13.7 Å². The molecule has 2 aromatic carbocycles. The molecule has 1 unspecified atom stereocenters. The standard InChI is InChI=1S/C26H25F6N3O5S/c1-14(2)21(33)24(37)40-20(26(30,31)32)13-39-18-9-6-16(12-19(18)38-3)35-11-10-34-22(23(35)36)41-17-7-4-15(5-8-17)25(27,28)29/h4-12,14,20-21H,13,33H2,1-3H3/t20-,21?/m0/s1. The van der Waals surface area contributed by atoms with Gasteiger partial charge >= 0.3 is 18.3 Å². The minimum atomic E-state index is -4.94. The molecule has 0 saturated carbocycles. The number of hydrogen-bond acceptors (Lipinski definition) is 8. The predicted octanol–water partition coefficient (Wildman–Crippen LogP) is 5.25. The lowest BCUT2D eigenvalue weighted by Gasteiger charge is -2.24. The number of nitrogens with two attached hydrogens (primary N) is 1. The highest BCUT2D eigenvalue weighted by Crippen LogP contribution is 2.33. The molecular weight excluding hydrogens is 580 g/mol. The molecule has 0 aliphatic carbocycles. The average Bonchev–Trinajstić information content (AvgIpc) is 2.90. The van der Waals surface area contributed by atoms with Crippen molar-refractivity contribution in [1.29, 1.82) is 0 Å². The number of carbonyl (C=O) groups is 1. The molecule has 15 heteroatoms. The molecule has 0 saturated heterocycles. The van der Waals surface area contributed by atoms with Gasteiger partial charge in [0.15, 0.2) is 16.5 Å². The Bertz CT molecular complexity index is 1410. The van der Waals surface area contributed by atoms with Gasteiger partial charge in [-0.1, -0.05) is 25.6 Å². The Balaban J connectivity index is 1.81. The molecule has 0 aliphatic heterocycles. The Hall–Kier alpha value is -3.72. The van der Waals surface area contributed by atoms with Crippen LogP contribution in [0.3, 0.4) is 0 Å². The maximum atomic E-state index is 13.5. The third-order valence-electron chi connectivity index (χ3n) is 5.63. The van der Waals surface area contributed by atoms with Gasteiger partial charge in [0.1, 0.15) is 12.6 Å². The number of alkyl halides is 6. The SMILES string of the molecule is COc1cc(-n2ccnc(Sc3ccc(C(F)(F)F)cc3)c2=O)ccc1OC[C@H](OC(=O)C(N)C(C)C)C(F)(F)F. The van der Waals surface area contributed by atoms with E-state index in [1.165, 1.54) is 54.4 Å². The number of halogens is 6. The molecule has 222 valence electrons. The fourth-order valence-electron chi connectivity index (χ4n) is 3.27. The second-order valence-electron chi connectivity index (χ2n) is 8.91. The molecule has 1 heterocycles. The molecule has 0 radical (unpaired) electrons. The van der Waals surface area contributed by atoms with Crippen molar-refractivity contribution in [3.8, 4) is 17.2 Å². The molecule has 2 N–H and O–H groups in total. The summed E-state index contributed by atoms with van der Waals surface area (Å²) in [6.45, 7) is 2.03. The molecule has 0 aliphatic rings. The van der Waals surface area contributed by atoms with Crippen molar-refractivity contribution in [3.63, 3.8) is 0 Å². The normalized spacial score (nSPS) is 13.5. The van der Waals surface area contributed by atoms with Crippen molar-refractivity contribution in [1.82, 2.24) is 9.55 Å². The lowest BCUT2D eigenvalue weighted by molar-refractivity contribution is -0.228. The first-order valence-corrected chi connectivity index (χ1v) is 12.7. The summed E-state index contributed by atoms with van der Waals surface area (Å²) in [6.07, 6.45) is -9.42. The monoisotopic (exact) mass is 605 g/mol. The zero-order chi connectivity index (χ0) is 30.5. The highest BCUT2D eigenvalue weighted by molar-refractivity contribution is 7.99. The van der Waals surface area contributed by atoms with Gasteiger partial charge in [-0.05, 0) is 42.3 Å². The lowest BCUT2D eigenvalue weighted by atomic mass is 10.1. The van der Waals surface area contributed by atoms with Crippen LogP contribution in [0.25, 0.3) is 5.69 Å². The van der Waals surface area contributed by atoms with Gasteiger partial charge < -0.3 is 19.9 Å². The van der Waals surface area contributed by atoms with E-state index in [1.54, 1.807) is 13.8 Å². The Kier molecular flexibility index (Phi) is 9.97. The molecular formula is C26H25F6N3O5S. The van der Waals surface area contributed by atoms with Crippen molar-refractivity contribution < 1.29 is 45.3 Å². The van der Waals surface area contributed by atoms with E-state index in [2.05, 4.69) is 9.72 Å². The van der Waals surface area contributed by atoms with Crippen molar-refractivity contribution in [2.45, 2.75) is 48.3 Å². The van der Waals surface area contributed by atoms with Gasteiger partial charge in [-0.15, -0.1) is 0 Å². The Morgan fingerprint density at radius 1 is 1.05 bits per heavy atom. The quantitative estimate of drug-likeness (QED) is 0.247. The van der Waals surface area contributed by atoms with Gasteiger partial charge in [-0.2, -0.15) is 26.3 Å². The first-order chi connectivity index (χ1) is 19.1. The second-order valence-corrected chi connectivity index (χ2v) is 9.98. The van der Waals surface area contributed by atoms with E-state index in [-0.39, 0.29) is 22.2 Å². The van der Waals surface area contributed by atoms with E-state index >= 15 is 0 Å². The van der Waals surface area contributed by atoms with Gasteiger partial charge in [-0.3, -0.25) is 14.2 Å². The summed E-state index contributed by atoms with van der Waals surface area (Å²) in [5.74, 6) is -1.84. The van der Waals surface area contributed by atoms with Crippen LogP contribution in [0.1, 0.15) is 19.4 Å². The highest BCUT2D eigenvalue weighted by atomic mass is 32.2. The average molecular weight is 606 g/mol. The molecule has 3 aromatic rings. The zero-order valence-electron chi connectivity index (χ0n) is 21.8. The molecule has 0 spiro atoms. The molecule has 0 fully saturated rings. The molecule has 3 rings (SSSR count). The summed E-state index contributed by atoms with van der Waals surface area (Å²) in [7, 11) is 1.23. The second kappa shape index (κ2) is 12.9. The smallest absolute Gasteiger partial charge is 0.428 e. The fourth-order valence-corrected chi connectivity index (χ4v) is 4.06. The van der Waals surface area contributed by atoms with Crippen molar-refractivity contribution in [2.24, 2.45) is 11.7 Å². The number of hydrogen-bond donors (Lipinski definition) is 1. The van der Waals surface area contributed by atoms with Gasteiger partial charge in [0.2, 0.25) is 6.10 Å². The maximum absolute atomic E-state index is 13.5. The number of methoxy groups -OCH3 is 1. The summed E-state index contributed by atoms with van der Waals surface area (Å²) in [4.78, 5) is 29.4. The van der Waals surface area contributed by atoms with Gasteiger partial charge in [0.25, 0.3) is 5.56 Å². The number of carbonyl (C=O) groups excluding carboxylic acids is 1. The van der Waals surface area contributed by atoms with Crippen LogP contribution in [0, 0.1) is 5.92 Å². The van der Waals surface area contributed by atoms with E-state index in [0.29, 0.717) is 4.90 Å². The third-order valence-corrected chi connectivity index (χ3v) is 6.62. The summed E-state index contributed by atoms with van der Waals surface area (Å²) in [6, 6.07) is 6.90. The molecule has 1 aromatic heterocycles. The molecule has 2 atom stereocenters. The van der Waals surface area contributed by atoms with Crippen LogP contribution >= 0.6 is 11.8 Å². The van der Waals surface area contributed by atoms with Crippen LogP contribution in [0.5, 0.6) is 11.5 Å². The van der Waals surface area contributed by atoms with E-state index in [4.69, 9.17) is 15.2 Å². The van der Waals surface area contributed by atoms with Crippen molar-refractivity contribution >= 4 is 17.7 Å². The molecule has 8 nitrogen and oxygen atoms in total. The number of benzene rings is 2. The Morgan fingerprint density at radius 3 is 2.27 bits per heavy atom. The van der Waals surface area contributed by atoms with Gasteiger partial charge in [0, 0.05) is 23.4 Å². The fraction of sp³-hybridized carbons (Fsp3) is 0.346. The topological polar surface area (TPSA) is 106 Å². The largest absolute Gasteiger partial charge is 0.493 e. The van der Waals surface area contributed by atoms with Crippen LogP contribution < -0.4 is 20.8 Å². The van der Waals surface area contributed by atoms with Gasteiger partial charge in [0.05, 0.1) is 18.4 Å². The highest BCUT2D eigenvalue weighted by Gasteiger charge is 2.44. The third kappa shape index (κ3) is 8.16. The summed E-state index contributed by atoms with van der Waals surface area (Å²) >= 11 is 0.853.